The van der Waals surface area contributed by atoms with Crippen molar-refractivity contribution in [1.29, 1.82) is 0 Å². The van der Waals surface area contributed by atoms with E-state index in [0.29, 0.717) is 19.3 Å². The third-order valence-electron chi connectivity index (χ3n) is 10.6. The van der Waals surface area contributed by atoms with Crippen molar-refractivity contribution >= 4 is 17.9 Å². The maximum atomic E-state index is 12.8. The predicted molar refractivity (Wildman–Crippen MR) is 274 cm³/mol. The molecule has 64 heavy (non-hydrogen) atoms. The van der Waals surface area contributed by atoms with Gasteiger partial charge >= 0.3 is 17.9 Å². The summed E-state index contributed by atoms with van der Waals surface area (Å²) in [5.74, 6) is -0.964. The topological polar surface area (TPSA) is 78.9 Å². The number of carbonyl (C=O) groups excluding carboxylic acids is 3. The molecule has 0 saturated heterocycles. The Hall–Kier alpha value is -3.93. The minimum Gasteiger partial charge on any atom is -0.462 e. The Labute approximate surface area is 393 Å². The van der Waals surface area contributed by atoms with E-state index in [-0.39, 0.29) is 37.5 Å². The molecule has 6 nitrogen and oxygen atoms in total. The van der Waals surface area contributed by atoms with E-state index in [1.54, 1.807) is 0 Å². The minimum atomic E-state index is -0.807. The highest BCUT2D eigenvalue weighted by Crippen LogP contribution is 2.14. The van der Waals surface area contributed by atoms with Crippen LogP contribution in [0.25, 0.3) is 0 Å². The van der Waals surface area contributed by atoms with Crippen LogP contribution in [-0.2, 0) is 28.6 Å². The number of allylic oxidation sites excluding steroid dienone is 18. The first kappa shape index (κ1) is 60.1. The monoisotopic (exact) mass is 887 g/mol. The molecule has 0 saturated carbocycles. The van der Waals surface area contributed by atoms with Gasteiger partial charge in [0.2, 0.25) is 0 Å². The van der Waals surface area contributed by atoms with Crippen LogP contribution in [0.4, 0.5) is 0 Å². The van der Waals surface area contributed by atoms with Gasteiger partial charge in [-0.1, -0.05) is 214 Å². The molecule has 0 spiro atoms. The van der Waals surface area contributed by atoms with Gasteiger partial charge in [0, 0.05) is 19.3 Å². The number of hydrogen-bond donors (Lipinski definition) is 0. The summed E-state index contributed by atoms with van der Waals surface area (Å²) in [6, 6.07) is 0. The van der Waals surface area contributed by atoms with Crippen molar-refractivity contribution in [3.8, 4) is 0 Å². The number of carbonyl (C=O) groups is 3. The molecule has 0 bridgehead atoms. The fourth-order valence-corrected chi connectivity index (χ4v) is 6.77. The third kappa shape index (κ3) is 49.1. The first-order chi connectivity index (χ1) is 31.5. The maximum Gasteiger partial charge on any atom is 0.306 e. The Morgan fingerprint density at radius 1 is 0.344 bits per heavy atom. The largest absolute Gasteiger partial charge is 0.462 e. The lowest BCUT2D eigenvalue weighted by molar-refractivity contribution is -0.167. The van der Waals surface area contributed by atoms with Crippen LogP contribution in [0.1, 0.15) is 220 Å². The van der Waals surface area contributed by atoms with E-state index in [4.69, 9.17) is 14.2 Å². The summed E-state index contributed by atoms with van der Waals surface area (Å²) >= 11 is 0. The zero-order valence-corrected chi connectivity index (χ0v) is 41.3. The van der Waals surface area contributed by atoms with E-state index in [0.717, 1.165) is 96.3 Å². The van der Waals surface area contributed by atoms with Gasteiger partial charge in [-0.15, -0.1) is 0 Å². The number of rotatable bonds is 45. The standard InChI is InChI=1S/C58H94O6/c1-4-7-10-13-16-19-22-25-27-28-29-30-32-33-36-39-42-45-48-51-57(60)63-54-55(53-62-56(59)50-47-44-41-38-35-24-21-18-15-12-9-6-3)64-58(61)52-49-46-43-40-37-34-31-26-23-20-17-14-11-8-5-2/h7-8,10-11,14,16-21,23,25-27,31,34,37,55H,4-6,9,12-13,15,22,24,28-30,32-33,35-36,38-54H2,1-3H3/b10-7-,11-8-,17-14-,19-16-,21-18-,23-20-,27-25-,31-26-,37-34-. The average Bonchev–Trinajstić information content (AvgIpc) is 3.29. The van der Waals surface area contributed by atoms with E-state index in [1.165, 1.54) is 77.0 Å². The Balaban J connectivity index is 4.45. The highest BCUT2D eigenvalue weighted by atomic mass is 16.6. The van der Waals surface area contributed by atoms with Crippen LogP contribution in [0.15, 0.2) is 109 Å². The molecule has 0 aromatic rings. The van der Waals surface area contributed by atoms with Crippen LogP contribution < -0.4 is 0 Å². The van der Waals surface area contributed by atoms with Crippen molar-refractivity contribution in [2.24, 2.45) is 0 Å². The number of ether oxygens (including phenoxy) is 3. The van der Waals surface area contributed by atoms with E-state index in [1.807, 2.05) is 48.6 Å². The van der Waals surface area contributed by atoms with Gasteiger partial charge in [-0.25, -0.2) is 0 Å². The molecule has 0 aromatic carbocycles. The van der Waals surface area contributed by atoms with Gasteiger partial charge in [0.05, 0.1) is 0 Å². The lowest BCUT2D eigenvalue weighted by atomic mass is 10.1. The second kappa shape index (κ2) is 51.7. The molecule has 6 heteroatoms. The summed E-state index contributed by atoms with van der Waals surface area (Å²) in [7, 11) is 0. The summed E-state index contributed by atoms with van der Waals surface area (Å²) in [6.45, 7) is 6.30. The predicted octanol–water partition coefficient (Wildman–Crippen LogP) is 17.1. The fourth-order valence-electron chi connectivity index (χ4n) is 6.77. The molecular formula is C58H94O6. The number of unbranched alkanes of at least 4 members (excludes halogenated alkanes) is 20. The molecule has 0 aliphatic rings. The second-order valence-electron chi connectivity index (χ2n) is 16.8. The minimum absolute atomic E-state index is 0.103. The summed E-state index contributed by atoms with van der Waals surface area (Å²) in [5, 5.41) is 0. The van der Waals surface area contributed by atoms with Gasteiger partial charge in [0.15, 0.2) is 6.10 Å². The van der Waals surface area contributed by atoms with E-state index in [2.05, 4.69) is 81.5 Å². The molecule has 0 heterocycles. The van der Waals surface area contributed by atoms with Gasteiger partial charge in [-0.2, -0.15) is 0 Å². The van der Waals surface area contributed by atoms with Crippen LogP contribution >= 0.6 is 0 Å². The SMILES string of the molecule is CC\C=C/C=C\C=C/C=C\C=C/CCCCCC(=O)OC(COC(=O)CCCCCCC/C=C\CCCCC)COC(=O)CCCCCCCCCCC/C=C\C/C=C\C/C=C\CC. The zero-order valence-electron chi connectivity index (χ0n) is 41.3. The van der Waals surface area contributed by atoms with Gasteiger partial charge in [0.25, 0.3) is 0 Å². The van der Waals surface area contributed by atoms with Crippen molar-refractivity contribution in [2.75, 3.05) is 13.2 Å². The Morgan fingerprint density at radius 2 is 0.688 bits per heavy atom. The molecule has 0 fully saturated rings. The molecule has 0 aromatic heterocycles. The number of esters is 3. The molecule has 1 atom stereocenters. The molecule has 0 amide bonds. The summed E-state index contributed by atoms with van der Waals surface area (Å²) in [4.78, 5) is 38.0. The molecule has 0 radical (unpaired) electrons. The van der Waals surface area contributed by atoms with Gasteiger partial charge in [-0.3, -0.25) is 14.4 Å². The molecule has 0 N–H and O–H groups in total. The lowest BCUT2D eigenvalue weighted by Crippen LogP contribution is -2.30. The fraction of sp³-hybridized carbons (Fsp3) is 0.638. The maximum absolute atomic E-state index is 12.8. The molecule has 1 unspecified atom stereocenters. The molecule has 0 aliphatic heterocycles. The summed E-state index contributed by atoms with van der Waals surface area (Å²) < 4.78 is 16.8. The Bertz CT molecular complexity index is 1340. The summed E-state index contributed by atoms with van der Waals surface area (Å²) in [5.41, 5.74) is 0. The van der Waals surface area contributed by atoms with E-state index < -0.39 is 6.10 Å². The van der Waals surface area contributed by atoms with Crippen molar-refractivity contribution in [2.45, 2.75) is 226 Å². The zero-order chi connectivity index (χ0) is 46.5. The van der Waals surface area contributed by atoms with Crippen LogP contribution in [0.3, 0.4) is 0 Å². The Morgan fingerprint density at radius 3 is 1.17 bits per heavy atom. The first-order valence-electron chi connectivity index (χ1n) is 26.0. The highest BCUT2D eigenvalue weighted by Gasteiger charge is 2.19. The molecule has 0 rings (SSSR count). The van der Waals surface area contributed by atoms with Gasteiger partial charge < -0.3 is 14.2 Å². The van der Waals surface area contributed by atoms with Crippen molar-refractivity contribution in [3.05, 3.63) is 109 Å². The summed E-state index contributed by atoms with van der Waals surface area (Å²) in [6.07, 6.45) is 69.3. The second-order valence-corrected chi connectivity index (χ2v) is 16.8. The quantitative estimate of drug-likeness (QED) is 0.0199. The van der Waals surface area contributed by atoms with Crippen molar-refractivity contribution in [1.82, 2.24) is 0 Å². The van der Waals surface area contributed by atoms with Crippen LogP contribution in [-0.4, -0.2) is 37.2 Å². The van der Waals surface area contributed by atoms with Crippen LogP contribution in [0.2, 0.25) is 0 Å². The smallest absolute Gasteiger partial charge is 0.306 e. The number of hydrogen-bond acceptors (Lipinski definition) is 6. The van der Waals surface area contributed by atoms with Gasteiger partial charge in [-0.05, 0) is 96.3 Å². The van der Waals surface area contributed by atoms with Crippen LogP contribution in [0.5, 0.6) is 0 Å². The first-order valence-corrected chi connectivity index (χ1v) is 26.0. The van der Waals surface area contributed by atoms with Crippen molar-refractivity contribution < 1.29 is 28.6 Å². The van der Waals surface area contributed by atoms with Gasteiger partial charge in [0.1, 0.15) is 13.2 Å². The normalized spacial score (nSPS) is 13.0. The van der Waals surface area contributed by atoms with Crippen molar-refractivity contribution in [3.63, 3.8) is 0 Å². The highest BCUT2D eigenvalue weighted by molar-refractivity contribution is 5.71. The van der Waals surface area contributed by atoms with E-state index in [9.17, 15) is 14.4 Å². The lowest BCUT2D eigenvalue weighted by Gasteiger charge is -2.18. The Kier molecular flexibility index (Phi) is 48.5. The third-order valence-corrected chi connectivity index (χ3v) is 10.6. The average molecular weight is 887 g/mol. The molecule has 0 aliphatic carbocycles. The molecule has 362 valence electrons. The van der Waals surface area contributed by atoms with Crippen LogP contribution in [0, 0.1) is 0 Å². The van der Waals surface area contributed by atoms with E-state index >= 15 is 0 Å². The molecular weight excluding hydrogens is 793 g/mol.